The molecule has 1 aromatic carbocycles. The van der Waals surface area contributed by atoms with E-state index in [2.05, 4.69) is 5.32 Å². The van der Waals surface area contributed by atoms with E-state index < -0.39 is 12.0 Å². The van der Waals surface area contributed by atoms with Crippen molar-refractivity contribution in [3.63, 3.8) is 0 Å². The summed E-state index contributed by atoms with van der Waals surface area (Å²) in [6, 6.07) is 2.13. The minimum atomic E-state index is -1.35. The van der Waals surface area contributed by atoms with Crippen LogP contribution in [0.25, 0.3) is 0 Å². The Morgan fingerprint density at radius 3 is 2.77 bits per heavy atom. The number of benzene rings is 1. The van der Waals surface area contributed by atoms with Gasteiger partial charge < -0.3 is 25.0 Å². The van der Waals surface area contributed by atoms with E-state index in [1.165, 1.54) is 18.1 Å². The minimum absolute atomic E-state index is 0.0283. The normalized spacial score (nSPS) is 17.4. The number of hydrogen-bond donors (Lipinski definition) is 4. The van der Waals surface area contributed by atoms with E-state index in [0.717, 1.165) is 12.5 Å². The number of rotatable bonds is 4. The molecule has 1 saturated heterocycles. The number of nitrogens with one attached hydrogen (secondary N) is 1. The SMILES string of the molecule is COc1cc(C(=O)N2CCCC2CO)c(NC(=O)O)cc1O. The van der Waals surface area contributed by atoms with Gasteiger partial charge >= 0.3 is 6.09 Å². The van der Waals surface area contributed by atoms with Crippen LogP contribution >= 0.6 is 0 Å². The molecule has 8 heteroatoms. The number of carboxylic acid groups (broad SMARTS) is 1. The summed E-state index contributed by atoms with van der Waals surface area (Å²) in [7, 11) is 1.33. The highest BCUT2D eigenvalue weighted by Gasteiger charge is 2.31. The summed E-state index contributed by atoms with van der Waals surface area (Å²) >= 11 is 0. The second kappa shape index (κ2) is 6.52. The molecule has 0 aliphatic carbocycles. The Kier molecular flexibility index (Phi) is 4.71. The van der Waals surface area contributed by atoms with Gasteiger partial charge in [0, 0.05) is 12.6 Å². The average Bonchev–Trinajstić information content (AvgIpc) is 2.94. The summed E-state index contributed by atoms with van der Waals surface area (Å²) in [4.78, 5) is 25.0. The number of phenols is 1. The van der Waals surface area contributed by atoms with Crippen LogP contribution in [-0.2, 0) is 0 Å². The number of carbonyl (C=O) groups excluding carboxylic acids is 1. The summed E-state index contributed by atoms with van der Waals surface area (Å²) in [6.07, 6.45) is 0.117. The van der Waals surface area contributed by atoms with Gasteiger partial charge in [0.15, 0.2) is 11.5 Å². The van der Waals surface area contributed by atoms with Crippen molar-refractivity contribution in [2.75, 3.05) is 25.6 Å². The fraction of sp³-hybridized carbons (Fsp3) is 0.429. The van der Waals surface area contributed by atoms with E-state index in [4.69, 9.17) is 9.84 Å². The number of likely N-dealkylation sites (tertiary alicyclic amines) is 1. The lowest BCUT2D eigenvalue weighted by atomic mass is 10.1. The van der Waals surface area contributed by atoms with Gasteiger partial charge in [-0.05, 0) is 18.9 Å². The number of phenolic OH excluding ortho intramolecular Hbond substituents is 1. The third kappa shape index (κ3) is 3.06. The third-order valence-corrected chi connectivity index (χ3v) is 3.64. The molecule has 1 unspecified atom stereocenters. The number of aromatic hydroxyl groups is 1. The first kappa shape index (κ1) is 15.9. The van der Waals surface area contributed by atoms with Gasteiger partial charge in [-0.1, -0.05) is 0 Å². The molecule has 2 rings (SSSR count). The lowest BCUT2D eigenvalue weighted by molar-refractivity contribution is 0.0678. The van der Waals surface area contributed by atoms with Crippen molar-refractivity contribution in [3.05, 3.63) is 17.7 Å². The van der Waals surface area contributed by atoms with Crippen molar-refractivity contribution in [2.24, 2.45) is 0 Å². The van der Waals surface area contributed by atoms with Crippen LogP contribution in [0.3, 0.4) is 0 Å². The summed E-state index contributed by atoms with van der Waals surface area (Å²) in [5.41, 5.74) is 0.0387. The van der Waals surface area contributed by atoms with Gasteiger partial charge in [0.05, 0.1) is 31.0 Å². The highest BCUT2D eigenvalue weighted by Crippen LogP contribution is 2.34. The number of amides is 2. The molecule has 1 heterocycles. The second-order valence-corrected chi connectivity index (χ2v) is 4.98. The topological polar surface area (TPSA) is 119 Å². The number of ether oxygens (including phenoxy) is 1. The third-order valence-electron chi connectivity index (χ3n) is 3.64. The molecule has 1 fully saturated rings. The lowest BCUT2D eigenvalue weighted by Gasteiger charge is -2.24. The van der Waals surface area contributed by atoms with E-state index in [9.17, 15) is 19.8 Å². The molecule has 4 N–H and O–H groups in total. The zero-order valence-electron chi connectivity index (χ0n) is 12.1. The first-order chi connectivity index (χ1) is 10.5. The van der Waals surface area contributed by atoms with Crippen molar-refractivity contribution in [1.29, 1.82) is 0 Å². The smallest absolute Gasteiger partial charge is 0.409 e. The van der Waals surface area contributed by atoms with Gasteiger partial charge in [-0.3, -0.25) is 10.1 Å². The first-order valence-electron chi connectivity index (χ1n) is 6.80. The maximum absolute atomic E-state index is 12.6. The molecule has 0 saturated carbocycles. The average molecular weight is 310 g/mol. The van der Waals surface area contributed by atoms with Crippen LogP contribution in [0.4, 0.5) is 10.5 Å². The summed E-state index contributed by atoms with van der Waals surface area (Å²) in [5, 5.41) is 30.0. The van der Waals surface area contributed by atoms with Crippen LogP contribution in [0.2, 0.25) is 0 Å². The van der Waals surface area contributed by atoms with E-state index in [0.29, 0.717) is 13.0 Å². The standard InChI is InChI=1S/C14H18N2O6/c1-22-12-5-9(10(6-11(12)18)15-14(20)21)13(19)16-4-2-3-8(16)7-17/h5-6,8,15,17-18H,2-4,7H2,1H3,(H,20,21). The predicted octanol–water partition coefficient (Wildman–Crippen LogP) is 1.09. The molecule has 1 atom stereocenters. The molecule has 0 radical (unpaired) electrons. The number of nitrogens with zero attached hydrogens (tertiary/aromatic N) is 1. The Bertz CT molecular complexity index is 589. The molecule has 2 amide bonds. The van der Waals surface area contributed by atoms with E-state index in [-0.39, 0.29) is 35.4 Å². The van der Waals surface area contributed by atoms with Crippen molar-refractivity contribution in [2.45, 2.75) is 18.9 Å². The minimum Gasteiger partial charge on any atom is -0.504 e. The fourth-order valence-electron chi connectivity index (χ4n) is 2.58. The maximum Gasteiger partial charge on any atom is 0.409 e. The number of aliphatic hydroxyl groups is 1. The van der Waals surface area contributed by atoms with Gasteiger partial charge in [0.1, 0.15) is 0 Å². The van der Waals surface area contributed by atoms with Gasteiger partial charge in [0.25, 0.3) is 5.91 Å². The Hall–Kier alpha value is -2.48. The molecule has 22 heavy (non-hydrogen) atoms. The Labute approximate surface area is 126 Å². The summed E-state index contributed by atoms with van der Waals surface area (Å²) < 4.78 is 4.97. The van der Waals surface area contributed by atoms with Crippen molar-refractivity contribution >= 4 is 17.7 Å². The Balaban J connectivity index is 2.42. The van der Waals surface area contributed by atoms with Crippen LogP contribution in [-0.4, -0.2) is 58.5 Å². The van der Waals surface area contributed by atoms with Crippen molar-refractivity contribution in [3.8, 4) is 11.5 Å². The molecular formula is C14H18N2O6. The van der Waals surface area contributed by atoms with Gasteiger partial charge in [0.2, 0.25) is 0 Å². The Morgan fingerprint density at radius 1 is 1.45 bits per heavy atom. The first-order valence-corrected chi connectivity index (χ1v) is 6.80. The quantitative estimate of drug-likeness (QED) is 0.661. The zero-order chi connectivity index (χ0) is 16.3. The number of methoxy groups -OCH3 is 1. The van der Waals surface area contributed by atoms with Gasteiger partial charge in [-0.15, -0.1) is 0 Å². The summed E-state index contributed by atoms with van der Waals surface area (Å²) in [5.74, 6) is -0.624. The molecule has 1 aliphatic rings. The van der Waals surface area contributed by atoms with Crippen molar-refractivity contribution in [1.82, 2.24) is 4.90 Å². The molecule has 0 bridgehead atoms. The monoisotopic (exact) mass is 310 g/mol. The highest BCUT2D eigenvalue weighted by molar-refractivity contribution is 6.03. The van der Waals surface area contributed by atoms with Gasteiger partial charge in [-0.2, -0.15) is 0 Å². The Morgan fingerprint density at radius 2 is 2.18 bits per heavy atom. The van der Waals surface area contributed by atoms with E-state index >= 15 is 0 Å². The molecule has 1 aliphatic heterocycles. The van der Waals surface area contributed by atoms with Crippen LogP contribution in [0.5, 0.6) is 11.5 Å². The van der Waals surface area contributed by atoms with Crippen molar-refractivity contribution < 1.29 is 29.6 Å². The lowest BCUT2D eigenvalue weighted by Crippen LogP contribution is -2.38. The molecule has 1 aromatic rings. The predicted molar refractivity (Wildman–Crippen MR) is 77.5 cm³/mol. The maximum atomic E-state index is 12.6. The molecular weight excluding hydrogens is 292 g/mol. The summed E-state index contributed by atoms with van der Waals surface area (Å²) in [6.45, 7) is 0.336. The zero-order valence-corrected chi connectivity index (χ0v) is 12.1. The largest absolute Gasteiger partial charge is 0.504 e. The molecule has 0 aromatic heterocycles. The number of aliphatic hydroxyl groups excluding tert-OH is 1. The number of hydrogen-bond acceptors (Lipinski definition) is 5. The van der Waals surface area contributed by atoms with Crippen LogP contribution in [0.1, 0.15) is 23.2 Å². The molecule has 120 valence electrons. The highest BCUT2D eigenvalue weighted by atomic mass is 16.5. The van der Waals surface area contributed by atoms with Crippen LogP contribution in [0.15, 0.2) is 12.1 Å². The number of carbonyl (C=O) groups is 2. The fourth-order valence-corrected chi connectivity index (χ4v) is 2.58. The van der Waals surface area contributed by atoms with E-state index in [1.54, 1.807) is 0 Å². The van der Waals surface area contributed by atoms with Crippen LogP contribution in [0, 0.1) is 0 Å². The molecule has 0 spiro atoms. The number of anilines is 1. The van der Waals surface area contributed by atoms with Gasteiger partial charge in [-0.25, -0.2) is 4.79 Å². The van der Waals surface area contributed by atoms with Crippen LogP contribution < -0.4 is 10.1 Å². The second-order valence-electron chi connectivity index (χ2n) is 4.98. The van der Waals surface area contributed by atoms with E-state index in [1.807, 2.05) is 0 Å². The molecule has 8 nitrogen and oxygen atoms in total.